The summed E-state index contributed by atoms with van der Waals surface area (Å²) in [6.07, 6.45) is 3.00. The van der Waals surface area contributed by atoms with E-state index in [9.17, 15) is 24.3 Å². The molecule has 12 heteroatoms. The molecule has 3 fully saturated rings. The van der Waals surface area contributed by atoms with E-state index in [1.807, 2.05) is 42.3 Å². The number of nitrogens with one attached hydrogen (secondary N) is 3. The molecule has 0 spiro atoms. The number of amides is 3. The van der Waals surface area contributed by atoms with Gasteiger partial charge < -0.3 is 26.0 Å². The zero-order valence-corrected chi connectivity index (χ0v) is 26.0. The van der Waals surface area contributed by atoms with E-state index in [4.69, 9.17) is 0 Å². The predicted molar refractivity (Wildman–Crippen MR) is 170 cm³/mol. The number of allylic oxidation sites excluding steroid dienone is 1. The van der Waals surface area contributed by atoms with Gasteiger partial charge in [-0.1, -0.05) is 42.5 Å². The van der Waals surface area contributed by atoms with Crippen molar-refractivity contribution in [3.05, 3.63) is 88.6 Å². The Labute approximate surface area is 264 Å². The molecule has 10 nitrogen and oxygen atoms in total. The molecule has 0 unspecified atom stereocenters. The number of fused-ring (bicyclic) bond motifs is 1. The summed E-state index contributed by atoms with van der Waals surface area (Å²) in [5.41, 5.74) is 3.32. The fourth-order valence-corrected chi connectivity index (χ4v) is 8.28. The Hall–Kier alpha value is -3.58. The van der Waals surface area contributed by atoms with Gasteiger partial charge in [0.2, 0.25) is 11.8 Å². The molecule has 44 heavy (non-hydrogen) atoms. The predicted octanol–water partition coefficient (Wildman–Crippen LogP) is 2.50. The highest BCUT2D eigenvalue weighted by Gasteiger charge is 2.54. The van der Waals surface area contributed by atoms with Gasteiger partial charge in [0.05, 0.1) is 5.75 Å². The maximum atomic E-state index is 13.5. The zero-order chi connectivity index (χ0) is 30.8. The van der Waals surface area contributed by atoms with E-state index in [0.29, 0.717) is 36.4 Å². The normalized spacial score (nSPS) is 25.8. The standard InChI is InChI=1S/C32H35N5O5S2/c1-33-15-19-7-9-20(10-8-19)25-14-23(16-34-25)36-12-11-21(29(36)39)13-22-17-44-31-27(30(40)37(31)28(22)32(41)42)35-26(38)18-43-24-5-3-2-4-6-24/h2-10,13,23,25,27,31,33-34H,11-12,14-18H2,1H3,(H,35,38)(H,41,42)/b21-13+/t23-,25+,27+,31+/m0/s1. The minimum Gasteiger partial charge on any atom is -0.477 e. The summed E-state index contributed by atoms with van der Waals surface area (Å²) in [5.74, 6) is -1.54. The van der Waals surface area contributed by atoms with Crippen molar-refractivity contribution in [2.24, 2.45) is 0 Å². The van der Waals surface area contributed by atoms with Gasteiger partial charge in [-0.2, -0.15) is 0 Å². The van der Waals surface area contributed by atoms with Crippen molar-refractivity contribution < 1.29 is 24.3 Å². The van der Waals surface area contributed by atoms with Gasteiger partial charge >= 0.3 is 5.97 Å². The largest absolute Gasteiger partial charge is 0.477 e. The smallest absolute Gasteiger partial charge is 0.352 e. The monoisotopic (exact) mass is 633 g/mol. The molecule has 0 radical (unpaired) electrons. The topological polar surface area (TPSA) is 131 Å². The van der Waals surface area contributed by atoms with Gasteiger partial charge in [0, 0.05) is 47.9 Å². The van der Waals surface area contributed by atoms with Crippen LogP contribution in [-0.2, 0) is 25.7 Å². The number of carboxylic acids is 1. The molecule has 6 rings (SSSR count). The van der Waals surface area contributed by atoms with Crippen molar-refractivity contribution in [2.45, 2.75) is 47.8 Å². The first-order valence-corrected chi connectivity index (χ1v) is 16.7. The van der Waals surface area contributed by atoms with Crippen LogP contribution in [0.2, 0.25) is 0 Å². The Kier molecular flexibility index (Phi) is 9.13. The number of likely N-dealkylation sites (tertiary alicyclic amines) is 1. The second-order valence-corrected chi connectivity index (χ2v) is 13.4. The molecule has 0 aromatic heterocycles. The second kappa shape index (κ2) is 13.2. The van der Waals surface area contributed by atoms with Gasteiger partial charge in [-0.25, -0.2) is 4.79 Å². The summed E-state index contributed by atoms with van der Waals surface area (Å²) in [6, 6.07) is 17.4. The maximum absolute atomic E-state index is 13.5. The average Bonchev–Trinajstić information content (AvgIpc) is 3.66. The van der Waals surface area contributed by atoms with Crippen LogP contribution in [0.1, 0.15) is 30.0 Å². The molecular weight excluding hydrogens is 599 g/mol. The number of hydrogen-bond acceptors (Lipinski definition) is 8. The molecule has 0 bridgehead atoms. The number of thioether (sulfide) groups is 2. The second-order valence-electron chi connectivity index (χ2n) is 11.3. The van der Waals surface area contributed by atoms with Crippen molar-refractivity contribution >= 4 is 47.2 Å². The van der Waals surface area contributed by atoms with E-state index in [-0.39, 0.29) is 35.3 Å². The number of carbonyl (C=O) groups excluding carboxylic acids is 3. The van der Waals surface area contributed by atoms with Crippen LogP contribution in [0.3, 0.4) is 0 Å². The van der Waals surface area contributed by atoms with Crippen LogP contribution in [0, 0.1) is 0 Å². The minimum atomic E-state index is -1.22. The third-order valence-electron chi connectivity index (χ3n) is 8.45. The summed E-state index contributed by atoms with van der Waals surface area (Å²) >= 11 is 2.77. The molecule has 4 heterocycles. The lowest BCUT2D eigenvalue weighted by molar-refractivity contribution is -0.150. The highest BCUT2D eigenvalue weighted by molar-refractivity contribution is 8.00. The Morgan fingerprint density at radius 2 is 1.91 bits per heavy atom. The highest BCUT2D eigenvalue weighted by Crippen LogP contribution is 2.41. The Balaban J connectivity index is 1.09. The van der Waals surface area contributed by atoms with Crippen molar-refractivity contribution in [2.75, 3.05) is 31.6 Å². The van der Waals surface area contributed by atoms with Gasteiger partial charge in [-0.05, 0) is 54.8 Å². The molecule has 3 amide bonds. The third-order valence-corrected chi connectivity index (χ3v) is 10.8. The number of benzene rings is 2. The van der Waals surface area contributed by atoms with Crippen LogP contribution < -0.4 is 16.0 Å². The lowest BCUT2D eigenvalue weighted by atomic mass is 10.0. The SMILES string of the molecule is CNCc1ccc([C@H]2C[C@H](N3CC/C(=C\C4=C(C(=O)O)N5C(=O)[C@@H](NC(=O)CSc6ccccc6)[C@H]5SC4)C3=O)CN2)cc1. The molecule has 2 aromatic carbocycles. The number of hydrogen-bond donors (Lipinski definition) is 4. The summed E-state index contributed by atoms with van der Waals surface area (Å²) in [6.45, 7) is 2.09. The summed E-state index contributed by atoms with van der Waals surface area (Å²) in [4.78, 5) is 55.6. The summed E-state index contributed by atoms with van der Waals surface area (Å²) in [5, 5.41) is 19.1. The lowest BCUT2D eigenvalue weighted by Gasteiger charge is -2.49. The first-order valence-electron chi connectivity index (χ1n) is 14.7. The van der Waals surface area contributed by atoms with Crippen LogP contribution in [0.25, 0.3) is 0 Å². The number of rotatable bonds is 10. The van der Waals surface area contributed by atoms with E-state index < -0.39 is 23.3 Å². The van der Waals surface area contributed by atoms with Gasteiger partial charge in [0.15, 0.2) is 0 Å². The van der Waals surface area contributed by atoms with Gasteiger partial charge in [-0.3, -0.25) is 19.3 Å². The number of aliphatic carboxylic acids is 1. The van der Waals surface area contributed by atoms with E-state index in [2.05, 4.69) is 40.2 Å². The molecule has 0 saturated carbocycles. The van der Waals surface area contributed by atoms with Crippen LogP contribution in [-0.4, -0.2) is 87.7 Å². The summed E-state index contributed by atoms with van der Waals surface area (Å²) < 4.78 is 0. The molecule has 4 aliphatic heterocycles. The molecule has 2 aromatic rings. The van der Waals surface area contributed by atoms with E-state index in [1.54, 1.807) is 6.08 Å². The number of β-lactam (4-membered cyclic amide) rings is 1. The van der Waals surface area contributed by atoms with E-state index in [1.165, 1.54) is 39.6 Å². The quantitative estimate of drug-likeness (QED) is 0.177. The Bertz CT molecular complexity index is 1510. The molecule has 0 aliphatic carbocycles. The first kappa shape index (κ1) is 30.4. The van der Waals surface area contributed by atoms with Crippen molar-refractivity contribution in [1.82, 2.24) is 25.8 Å². The van der Waals surface area contributed by atoms with Crippen LogP contribution in [0.15, 0.2) is 82.4 Å². The molecule has 4 atom stereocenters. The van der Waals surface area contributed by atoms with Crippen LogP contribution in [0.5, 0.6) is 0 Å². The Morgan fingerprint density at radius 1 is 1.14 bits per heavy atom. The van der Waals surface area contributed by atoms with Crippen molar-refractivity contribution in [1.29, 1.82) is 0 Å². The average molecular weight is 634 g/mol. The molecule has 3 saturated heterocycles. The summed E-state index contributed by atoms with van der Waals surface area (Å²) in [7, 11) is 1.92. The third kappa shape index (κ3) is 6.16. The lowest BCUT2D eigenvalue weighted by Crippen LogP contribution is -2.70. The fraction of sp³-hybridized carbons (Fsp3) is 0.375. The highest BCUT2D eigenvalue weighted by atomic mass is 32.2. The maximum Gasteiger partial charge on any atom is 0.352 e. The van der Waals surface area contributed by atoms with Crippen molar-refractivity contribution in [3.63, 3.8) is 0 Å². The number of carbonyl (C=O) groups is 4. The number of nitrogens with zero attached hydrogens (tertiary/aromatic N) is 2. The zero-order valence-electron chi connectivity index (χ0n) is 24.3. The fourth-order valence-electron chi connectivity index (χ4n) is 6.24. The Morgan fingerprint density at radius 3 is 2.64 bits per heavy atom. The van der Waals surface area contributed by atoms with Gasteiger partial charge in [0.1, 0.15) is 17.1 Å². The van der Waals surface area contributed by atoms with Crippen LogP contribution in [0.4, 0.5) is 0 Å². The van der Waals surface area contributed by atoms with Gasteiger partial charge in [-0.15, -0.1) is 23.5 Å². The number of carboxylic acid groups (broad SMARTS) is 1. The molecular formula is C32H35N5O5S2. The first-order chi connectivity index (χ1) is 21.3. The molecule has 4 N–H and O–H groups in total. The van der Waals surface area contributed by atoms with E-state index >= 15 is 0 Å². The van der Waals surface area contributed by atoms with Crippen molar-refractivity contribution in [3.8, 4) is 0 Å². The minimum absolute atomic E-state index is 0.0507. The van der Waals surface area contributed by atoms with E-state index in [0.717, 1.165) is 17.9 Å². The van der Waals surface area contributed by atoms with Gasteiger partial charge in [0.25, 0.3) is 5.91 Å². The molecule has 4 aliphatic rings. The molecule has 230 valence electrons. The van der Waals surface area contributed by atoms with Crippen LogP contribution >= 0.6 is 23.5 Å².